The summed E-state index contributed by atoms with van der Waals surface area (Å²) in [5.74, 6) is 0.358. The van der Waals surface area contributed by atoms with Gasteiger partial charge in [-0.25, -0.2) is 0 Å². The van der Waals surface area contributed by atoms with Crippen molar-refractivity contribution in [3.63, 3.8) is 0 Å². The molecule has 0 spiro atoms. The number of furan rings is 1. The average molecular weight is 491 g/mol. The molecule has 1 aromatic heterocycles. The molecule has 1 heterocycles. The molecule has 2 aromatic carbocycles. The predicted molar refractivity (Wildman–Crippen MR) is 139 cm³/mol. The molecule has 0 saturated heterocycles. The minimum absolute atomic E-state index is 0.0670. The molecule has 4 rings (SSSR count). The summed E-state index contributed by atoms with van der Waals surface area (Å²) < 4.78 is 16.8. The molecule has 7 nitrogen and oxygen atoms in total. The molecule has 0 radical (unpaired) electrons. The monoisotopic (exact) mass is 490 g/mol. The first-order valence-electron chi connectivity index (χ1n) is 12.3. The van der Waals surface area contributed by atoms with Crippen molar-refractivity contribution in [1.82, 2.24) is 5.32 Å². The molecule has 0 bridgehead atoms. The molecule has 2 amide bonds. The lowest BCUT2D eigenvalue weighted by molar-refractivity contribution is -0.123. The molecular weight excluding hydrogens is 456 g/mol. The van der Waals surface area contributed by atoms with Crippen molar-refractivity contribution >= 4 is 17.5 Å². The van der Waals surface area contributed by atoms with E-state index in [0.717, 1.165) is 42.4 Å². The lowest BCUT2D eigenvalue weighted by Crippen LogP contribution is -2.47. The van der Waals surface area contributed by atoms with E-state index in [4.69, 9.17) is 13.9 Å². The molecule has 3 aromatic rings. The largest absolute Gasteiger partial charge is 0.493 e. The first-order valence-corrected chi connectivity index (χ1v) is 12.3. The normalized spacial score (nSPS) is 14.4. The van der Waals surface area contributed by atoms with E-state index >= 15 is 0 Å². The summed E-state index contributed by atoms with van der Waals surface area (Å²) in [5, 5.41) is 3.21. The van der Waals surface area contributed by atoms with Crippen LogP contribution >= 0.6 is 0 Å². The molecule has 1 aliphatic rings. The summed E-state index contributed by atoms with van der Waals surface area (Å²) in [6.07, 6.45) is 5.44. The van der Waals surface area contributed by atoms with E-state index in [1.165, 1.54) is 13.4 Å². The third-order valence-corrected chi connectivity index (χ3v) is 6.76. The van der Waals surface area contributed by atoms with Crippen LogP contribution in [0.3, 0.4) is 0 Å². The second kappa shape index (κ2) is 10.9. The zero-order valence-corrected chi connectivity index (χ0v) is 21.6. The van der Waals surface area contributed by atoms with Crippen molar-refractivity contribution in [2.24, 2.45) is 0 Å². The average Bonchev–Trinajstić information content (AvgIpc) is 3.56. The van der Waals surface area contributed by atoms with Gasteiger partial charge in [0.2, 0.25) is 5.91 Å². The second-order valence-corrected chi connectivity index (χ2v) is 9.38. The van der Waals surface area contributed by atoms with Crippen LogP contribution in [-0.4, -0.2) is 32.1 Å². The number of carbonyl (C=O) groups excluding carboxylic acids is 2. The molecule has 1 aliphatic carbocycles. The number of hydrogen-bond donors (Lipinski definition) is 1. The summed E-state index contributed by atoms with van der Waals surface area (Å²) >= 11 is 0. The van der Waals surface area contributed by atoms with E-state index in [9.17, 15) is 9.59 Å². The van der Waals surface area contributed by atoms with Crippen LogP contribution < -0.4 is 19.7 Å². The molecule has 36 heavy (non-hydrogen) atoms. The number of benzene rings is 2. The van der Waals surface area contributed by atoms with Crippen LogP contribution in [-0.2, 0) is 4.79 Å². The molecular formula is C29H34N2O5. The first kappa shape index (κ1) is 25.4. The van der Waals surface area contributed by atoms with Crippen LogP contribution in [0.5, 0.6) is 11.5 Å². The van der Waals surface area contributed by atoms with E-state index in [1.54, 1.807) is 36.3 Å². The highest BCUT2D eigenvalue weighted by Gasteiger charge is 2.39. The minimum atomic E-state index is -1.02. The topological polar surface area (TPSA) is 81.0 Å². The van der Waals surface area contributed by atoms with Crippen LogP contribution in [0, 0.1) is 20.8 Å². The third-order valence-electron chi connectivity index (χ3n) is 6.76. The first-order chi connectivity index (χ1) is 17.3. The lowest BCUT2D eigenvalue weighted by Gasteiger charge is -2.34. The van der Waals surface area contributed by atoms with Gasteiger partial charge in [0.1, 0.15) is 6.04 Å². The molecule has 1 saturated carbocycles. The van der Waals surface area contributed by atoms with Crippen molar-refractivity contribution in [3.8, 4) is 11.5 Å². The Morgan fingerprint density at radius 3 is 2.28 bits per heavy atom. The van der Waals surface area contributed by atoms with Gasteiger partial charge in [0.25, 0.3) is 5.91 Å². The number of para-hydroxylation sites is 1. The minimum Gasteiger partial charge on any atom is -0.493 e. The molecule has 1 N–H and O–H groups in total. The SMILES string of the molecule is COc1cccc([C@H](C(=O)NC2CCCC2)N(C(=O)c2ccco2)c2c(C)cc(C)cc2C)c1OC. The lowest BCUT2D eigenvalue weighted by atomic mass is 9.97. The standard InChI is InChI=1S/C29H34N2O5/c1-18-16-19(2)25(20(3)17-18)31(29(33)24-14-9-15-36-24)26(28(32)30-21-10-6-7-11-21)22-12-8-13-23(34-4)27(22)35-5/h8-9,12-17,21,26H,6-7,10-11H2,1-5H3,(H,30,32)/t26-/m1/s1. The fourth-order valence-corrected chi connectivity index (χ4v) is 5.29. The Bertz CT molecular complexity index is 1210. The maximum absolute atomic E-state index is 14.1. The molecule has 0 aliphatic heterocycles. The summed E-state index contributed by atoms with van der Waals surface area (Å²) in [6.45, 7) is 5.91. The number of aryl methyl sites for hydroxylation is 3. The van der Waals surface area contributed by atoms with Crippen molar-refractivity contribution in [2.75, 3.05) is 19.1 Å². The quantitative estimate of drug-likeness (QED) is 0.440. The van der Waals surface area contributed by atoms with Gasteiger partial charge in [0, 0.05) is 11.6 Å². The maximum atomic E-state index is 14.1. The number of amides is 2. The van der Waals surface area contributed by atoms with Crippen molar-refractivity contribution < 1.29 is 23.5 Å². The number of ether oxygens (including phenoxy) is 2. The number of nitrogens with zero attached hydrogens (tertiary/aromatic N) is 1. The third kappa shape index (κ3) is 4.96. The zero-order valence-electron chi connectivity index (χ0n) is 21.6. The van der Waals surface area contributed by atoms with Gasteiger partial charge >= 0.3 is 0 Å². The van der Waals surface area contributed by atoms with Gasteiger partial charge in [-0.05, 0) is 62.9 Å². The van der Waals surface area contributed by atoms with Crippen molar-refractivity contribution in [2.45, 2.75) is 58.5 Å². The Kier molecular flexibility index (Phi) is 7.67. The van der Waals surface area contributed by atoms with Crippen LogP contribution in [0.4, 0.5) is 5.69 Å². The number of anilines is 1. The Morgan fingerprint density at radius 1 is 1.00 bits per heavy atom. The molecule has 190 valence electrons. The van der Waals surface area contributed by atoms with Gasteiger partial charge in [-0.1, -0.05) is 42.7 Å². The fourth-order valence-electron chi connectivity index (χ4n) is 5.29. The van der Waals surface area contributed by atoms with E-state index in [1.807, 2.05) is 39.0 Å². The number of nitrogens with one attached hydrogen (secondary N) is 1. The highest BCUT2D eigenvalue weighted by Crippen LogP contribution is 2.41. The molecule has 1 fully saturated rings. The van der Waals surface area contributed by atoms with E-state index < -0.39 is 11.9 Å². The van der Waals surface area contributed by atoms with Gasteiger partial charge in [-0.3, -0.25) is 14.5 Å². The number of rotatable bonds is 8. The van der Waals surface area contributed by atoms with Gasteiger partial charge in [0.15, 0.2) is 17.3 Å². The summed E-state index contributed by atoms with van der Waals surface area (Å²) in [5.41, 5.74) is 4.04. The molecule has 0 unspecified atom stereocenters. The Hall–Kier alpha value is -3.74. The summed E-state index contributed by atoms with van der Waals surface area (Å²) in [7, 11) is 3.09. The zero-order chi connectivity index (χ0) is 25.8. The predicted octanol–water partition coefficient (Wildman–Crippen LogP) is 5.67. The highest BCUT2D eigenvalue weighted by atomic mass is 16.5. The highest BCUT2D eigenvalue weighted by molar-refractivity contribution is 6.09. The Balaban J connectivity index is 1.96. The maximum Gasteiger partial charge on any atom is 0.294 e. The van der Waals surface area contributed by atoms with Gasteiger partial charge in [-0.2, -0.15) is 0 Å². The van der Waals surface area contributed by atoms with E-state index in [2.05, 4.69) is 5.32 Å². The number of hydrogen-bond acceptors (Lipinski definition) is 5. The van der Waals surface area contributed by atoms with Crippen LogP contribution in [0.15, 0.2) is 53.1 Å². The molecule has 1 atom stereocenters. The van der Waals surface area contributed by atoms with Crippen LogP contribution in [0.1, 0.15) is 64.5 Å². The van der Waals surface area contributed by atoms with Crippen LogP contribution in [0.25, 0.3) is 0 Å². The number of methoxy groups -OCH3 is 2. The Morgan fingerprint density at radius 2 is 1.69 bits per heavy atom. The number of carbonyl (C=O) groups is 2. The van der Waals surface area contributed by atoms with E-state index in [0.29, 0.717) is 22.7 Å². The van der Waals surface area contributed by atoms with Gasteiger partial charge < -0.3 is 19.2 Å². The van der Waals surface area contributed by atoms with E-state index in [-0.39, 0.29) is 17.7 Å². The van der Waals surface area contributed by atoms with Gasteiger partial charge in [-0.15, -0.1) is 0 Å². The van der Waals surface area contributed by atoms with Gasteiger partial charge in [0.05, 0.1) is 26.2 Å². The smallest absolute Gasteiger partial charge is 0.294 e. The Labute approximate surface area is 212 Å². The van der Waals surface area contributed by atoms with Crippen LogP contribution in [0.2, 0.25) is 0 Å². The van der Waals surface area contributed by atoms with Crippen molar-refractivity contribution in [1.29, 1.82) is 0 Å². The molecule has 7 heteroatoms. The van der Waals surface area contributed by atoms with Crippen molar-refractivity contribution in [3.05, 3.63) is 76.7 Å². The summed E-state index contributed by atoms with van der Waals surface area (Å²) in [4.78, 5) is 29.7. The second-order valence-electron chi connectivity index (χ2n) is 9.38. The fraction of sp³-hybridized carbons (Fsp3) is 0.379. The summed E-state index contributed by atoms with van der Waals surface area (Å²) in [6, 6.07) is 11.7.